The summed E-state index contributed by atoms with van der Waals surface area (Å²) in [5.41, 5.74) is 1.79. The van der Waals surface area contributed by atoms with Crippen LogP contribution in [0.15, 0.2) is 36.9 Å². The number of rotatable bonds is 4. The lowest BCUT2D eigenvalue weighted by atomic mass is 10.1. The smallest absolute Gasteiger partial charge is 0.166 e. The fourth-order valence-corrected chi connectivity index (χ4v) is 1.21. The third kappa shape index (κ3) is 2.46. The Morgan fingerprint density at radius 2 is 2.21 bits per heavy atom. The maximum atomic E-state index is 11.5. The second-order valence-electron chi connectivity index (χ2n) is 3.36. The number of ketones is 1. The van der Waals surface area contributed by atoms with E-state index in [1.807, 2.05) is 43.3 Å². The van der Waals surface area contributed by atoms with E-state index >= 15 is 0 Å². The predicted molar refractivity (Wildman–Crippen MR) is 59.9 cm³/mol. The molecule has 14 heavy (non-hydrogen) atoms. The molecule has 0 radical (unpaired) electrons. The maximum absolute atomic E-state index is 11.5. The Hall–Kier alpha value is -1.57. The van der Waals surface area contributed by atoms with E-state index in [2.05, 4.69) is 6.58 Å². The molecule has 0 aliphatic carbocycles. The summed E-state index contributed by atoms with van der Waals surface area (Å²) in [5, 5.41) is 0. The molecule has 0 aliphatic heterocycles. The van der Waals surface area contributed by atoms with Gasteiger partial charge in [0, 0.05) is 31.8 Å². The number of hydrogen-bond donors (Lipinski definition) is 0. The molecule has 0 unspecified atom stereocenters. The highest BCUT2D eigenvalue weighted by Crippen LogP contribution is 2.14. The van der Waals surface area contributed by atoms with Crippen molar-refractivity contribution in [1.29, 1.82) is 0 Å². The second-order valence-corrected chi connectivity index (χ2v) is 3.36. The Labute approximate surface area is 84.9 Å². The van der Waals surface area contributed by atoms with Crippen LogP contribution in [0.5, 0.6) is 0 Å². The SMILES string of the molecule is C=CCC(=O)c1cccc(N(C)C)c1. The van der Waals surface area contributed by atoms with Gasteiger partial charge in [0.25, 0.3) is 0 Å². The zero-order valence-electron chi connectivity index (χ0n) is 8.66. The molecular weight excluding hydrogens is 174 g/mol. The van der Waals surface area contributed by atoms with Crippen molar-refractivity contribution >= 4 is 11.5 Å². The van der Waals surface area contributed by atoms with Gasteiger partial charge in [-0.25, -0.2) is 0 Å². The highest BCUT2D eigenvalue weighted by Gasteiger charge is 2.04. The molecule has 0 bridgehead atoms. The zero-order valence-corrected chi connectivity index (χ0v) is 8.66. The van der Waals surface area contributed by atoms with E-state index in [1.54, 1.807) is 6.08 Å². The fourth-order valence-electron chi connectivity index (χ4n) is 1.21. The summed E-state index contributed by atoms with van der Waals surface area (Å²) in [5.74, 6) is 0.115. The summed E-state index contributed by atoms with van der Waals surface area (Å²) < 4.78 is 0. The van der Waals surface area contributed by atoms with Gasteiger partial charge in [0.05, 0.1) is 0 Å². The lowest BCUT2D eigenvalue weighted by molar-refractivity contribution is 0.0996. The minimum atomic E-state index is 0.115. The summed E-state index contributed by atoms with van der Waals surface area (Å²) >= 11 is 0. The number of benzene rings is 1. The van der Waals surface area contributed by atoms with Crippen molar-refractivity contribution in [1.82, 2.24) is 0 Å². The van der Waals surface area contributed by atoms with Crippen LogP contribution in [0.2, 0.25) is 0 Å². The van der Waals surface area contributed by atoms with Gasteiger partial charge in [-0.2, -0.15) is 0 Å². The summed E-state index contributed by atoms with van der Waals surface area (Å²) in [6.45, 7) is 3.55. The molecule has 74 valence electrons. The number of nitrogens with zero attached hydrogens (tertiary/aromatic N) is 1. The van der Waals surface area contributed by atoms with Crippen molar-refractivity contribution in [3.05, 3.63) is 42.5 Å². The van der Waals surface area contributed by atoms with E-state index < -0.39 is 0 Å². The zero-order chi connectivity index (χ0) is 10.6. The van der Waals surface area contributed by atoms with E-state index in [9.17, 15) is 4.79 Å². The summed E-state index contributed by atoms with van der Waals surface area (Å²) in [4.78, 5) is 13.5. The van der Waals surface area contributed by atoms with E-state index in [4.69, 9.17) is 0 Å². The monoisotopic (exact) mass is 189 g/mol. The summed E-state index contributed by atoms with van der Waals surface area (Å²) in [6, 6.07) is 7.60. The first-order chi connectivity index (χ1) is 6.65. The van der Waals surface area contributed by atoms with Gasteiger partial charge >= 0.3 is 0 Å². The quantitative estimate of drug-likeness (QED) is 0.536. The van der Waals surface area contributed by atoms with Crippen LogP contribution >= 0.6 is 0 Å². The van der Waals surface area contributed by atoms with Crippen molar-refractivity contribution < 1.29 is 4.79 Å². The molecule has 0 fully saturated rings. The third-order valence-corrected chi connectivity index (χ3v) is 2.01. The van der Waals surface area contributed by atoms with Crippen LogP contribution in [0.4, 0.5) is 5.69 Å². The van der Waals surface area contributed by atoms with Crippen molar-refractivity contribution in [2.24, 2.45) is 0 Å². The van der Waals surface area contributed by atoms with E-state index in [0.29, 0.717) is 6.42 Å². The van der Waals surface area contributed by atoms with Crippen molar-refractivity contribution in [3.63, 3.8) is 0 Å². The molecule has 0 amide bonds. The molecule has 0 aromatic heterocycles. The average Bonchev–Trinajstić information content (AvgIpc) is 2.18. The topological polar surface area (TPSA) is 20.3 Å². The number of anilines is 1. The summed E-state index contributed by atoms with van der Waals surface area (Å²) in [7, 11) is 3.91. The Kier molecular flexibility index (Phi) is 3.46. The molecule has 0 N–H and O–H groups in total. The van der Waals surface area contributed by atoms with Crippen LogP contribution in [0.3, 0.4) is 0 Å². The van der Waals surface area contributed by atoms with Gasteiger partial charge in [0.15, 0.2) is 5.78 Å². The average molecular weight is 189 g/mol. The van der Waals surface area contributed by atoms with E-state index in [0.717, 1.165) is 11.3 Å². The van der Waals surface area contributed by atoms with E-state index in [-0.39, 0.29) is 5.78 Å². The molecular formula is C12H15NO. The van der Waals surface area contributed by atoms with Gasteiger partial charge in [-0.05, 0) is 12.1 Å². The van der Waals surface area contributed by atoms with Crippen LogP contribution in [0.25, 0.3) is 0 Å². The molecule has 1 aromatic rings. The maximum Gasteiger partial charge on any atom is 0.166 e. The van der Waals surface area contributed by atoms with Gasteiger partial charge in [-0.1, -0.05) is 18.2 Å². The largest absolute Gasteiger partial charge is 0.378 e. The Morgan fingerprint density at radius 1 is 1.50 bits per heavy atom. The van der Waals surface area contributed by atoms with Crippen LogP contribution in [0, 0.1) is 0 Å². The number of allylic oxidation sites excluding steroid dienone is 1. The van der Waals surface area contributed by atoms with E-state index in [1.165, 1.54) is 0 Å². The van der Waals surface area contributed by atoms with Gasteiger partial charge in [0.2, 0.25) is 0 Å². The molecule has 1 aromatic carbocycles. The predicted octanol–water partition coefficient (Wildman–Crippen LogP) is 2.51. The van der Waals surface area contributed by atoms with Crippen molar-refractivity contribution in [3.8, 4) is 0 Å². The number of carbonyl (C=O) groups excluding carboxylic acids is 1. The molecule has 0 spiro atoms. The summed E-state index contributed by atoms with van der Waals surface area (Å²) in [6.07, 6.45) is 2.03. The second kappa shape index (κ2) is 4.61. The first-order valence-corrected chi connectivity index (χ1v) is 4.56. The standard InChI is InChI=1S/C12H15NO/c1-4-6-12(14)10-7-5-8-11(9-10)13(2)3/h4-5,7-9H,1,6H2,2-3H3. The molecule has 0 saturated heterocycles. The molecule has 0 saturated carbocycles. The van der Waals surface area contributed by atoms with Gasteiger partial charge in [-0.15, -0.1) is 6.58 Å². The molecule has 0 heterocycles. The lowest BCUT2D eigenvalue weighted by Crippen LogP contribution is -2.09. The molecule has 2 nitrogen and oxygen atoms in total. The van der Waals surface area contributed by atoms with Gasteiger partial charge in [0.1, 0.15) is 0 Å². The lowest BCUT2D eigenvalue weighted by Gasteiger charge is -2.12. The first kappa shape index (κ1) is 10.5. The fraction of sp³-hybridized carbons (Fsp3) is 0.250. The Bertz CT molecular complexity index is 342. The highest BCUT2D eigenvalue weighted by molar-refractivity contribution is 5.97. The van der Waals surface area contributed by atoms with Crippen molar-refractivity contribution in [2.75, 3.05) is 19.0 Å². The number of hydrogen-bond acceptors (Lipinski definition) is 2. The Morgan fingerprint density at radius 3 is 2.79 bits per heavy atom. The molecule has 1 rings (SSSR count). The first-order valence-electron chi connectivity index (χ1n) is 4.56. The van der Waals surface area contributed by atoms with Gasteiger partial charge < -0.3 is 4.90 Å². The number of carbonyl (C=O) groups is 1. The minimum Gasteiger partial charge on any atom is -0.378 e. The number of Topliss-reactive ketones (excluding diaryl/α,β-unsaturated/α-hetero) is 1. The molecule has 0 atom stereocenters. The van der Waals surface area contributed by atoms with Gasteiger partial charge in [-0.3, -0.25) is 4.79 Å². The van der Waals surface area contributed by atoms with Crippen molar-refractivity contribution in [2.45, 2.75) is 6.42 Å². The molecule has 2 heteroatoms. The Balaban J connectivity index is 2.93. The van der Waals surface area contributed by atoms with Crippen LogP contribution in [-0.4, -0.2) is 19.9 Å². The third-order valence-electron chi connectivity index (χ3n) is 2.01. The van der Waals surface area contributed by atoms with Crippen LogP contribution < -0.4 is 4.90 Å². The van der Waals surface area contributed by atoms with Crippen LogP contribution in [-0.2, 0) is 0 Å². The minimum absolute atomic E-state index is 0.115. The highest BCUT2D eigenvalue weighted by atomic mass is 16.1. The van der Waals surface area contributed by atoms with Crippen LogP contribution in [0.1, 0.15) is 16.8 Å². The molecule has 0 aliphatic rings. The normalized spacial score (nSPS) is 9.57.